The number of carbonyl (C=O) groups excluding carboxylic acids is 1. The van der Waals surface area contributed by atoms with Gasteiger partial charge in [0, 0.05) is 11.1 Å². The fraction of sp³-hybridized carbons (Fsp3) is 0.103. The van der Waals surface area contributed by atoms with Gasteiger partial charge in [-0.2, -0.15) is 5.10 Å². The highest BCUT2D eigenvalue weighted by Crippen LogP contribution is 2.45. The Bertz CT molecular complexity index is 1490. The van der Waals surface area contributed by atoms with Gasteiger partial charge in [0.25, 0.3) is 5.91 Å². The second kappa shape index (κ2) is 9.11. The number of ether oxygens (including phenoxy) is 1. The van der Waals surface area contributed by atoms with Crippen molar-refractivity contribution in [1.29, 1.82) is 0 Å². The Hall–Kier alpha value is -4.78. The molecule has 0 saturated carbocycles. The van der Waals surface area contributed by atoms with Gasteiger partial charge in [0.1, 0.15) is 35.3 Å². The average Bonchev–Trinajstić information content (AvgIpc) is 3.64. The highest BCUT2D eigenvalue weighted by atomic mass is 16.5. The maximum Gasteiger partial charge on any atom is 0.273 e. The molecule has 7 nitrogen and oxygen atoms in total. The van der Waals surface area contributed by atoms with E-state index in [1.54, 1.807) is 35.4 Å². The van der Waals surface area contributed by atoms with Gasteiger partial charge in [0.2, 0.25) is 0 Å². The number of phenols is 1. The number of fused-ring (bicyclic) bond motifs is 1. The Balaban J connectivity index is 1.37. The minimum atomic E-state index is -0.422. The SMILES string of the molecule is O=C1c2[nH]nc(-c3ccccc3O)c2[C@H](c2ccc(OCc3ccccc3)cc2)N1Cc1ccco1. The zero-order valence-corrected chi connectivity index (χ0v) is 19.3. The summed E-state index contributed by atoms with van der Waals surface area (Å²) < 4.78 is 11.5. The maximum atomic E-state index is 13.5. The average molecular weight is 478 g/mol. The zero-order valence-electron chi connectivity index (χ0n) is 19.3. The second-order valence-corrected chi connectivity index (χ2v) is 8.64. The molecule has 0 bridgehead atoms. The van der Waals surface area contributed by atoms with Crippen LogP contribution < -0.4 is 4.74 Å². The van der Waals surface area contributed by atoms with Crippen LogP contribution in [0.3, 0.4) is 0 Å². The van der Waals surface area contributed by atoms with Gasteiger partial charge in [0.05, 0.1) is 18.8 Å². The summed E-state index contributed by atoms with van der Waals surface area (Å²) in [5.41, 5.74) is 4.24. The molecule has 0 aliphatic carbocycles. The van der Waals surface area contributed by atoms with Gasteiger partial charge in [-0.05, 0) is 47.5 Å². The monoisotopic (exact) mass is 477 g/mol. The third-order valence-corrected chi connectivity index (χ3v) is 6.37. The van der Waals surface area contributed by atoms with Gasteiger partial charge in [-0.15, -0.1) is 0 Å². The van der Waals surface area contributed by atoms with Crippen molar-refractivity contribution in [2.75, 3.05) is 0 Å². The van der Waals surface area contributed by atoms with Gasteiger partial charge in [-0.1, -0.05) is 54.6 Å². The van der Waals surface area contributed by atoms with Crippen LogP contribution in [0.1, 0.15) is 39.0 Å². The van der Waals surface area contributed by atoms with Crippen LogP contribution in [0.2, 0.25) is 0 Å². The third kappa shape index (κ3) is 3.90. The maximum absolute atomic E-state index is 13.5. The molecule has 1 amide bonds. The lowest BCUT2D eigenvalue weighted by molar-refractivity contribution is 0.0717. The van der Waals surface area contributed by atoms with E-state index < -0.39 is 6.04 Å². The highest BCUT2D eigenvalue weighted by Gasteiger charge is 2.42. The lowest BCUT2D eigenvalue weighted by Gasteiger charge is -2.25. The van der Waals surface area contributed by atoms with Crippen LogP contribution in [0.15, 0.2) is 102 Å². The van der Waals surface area contributed by atoms with Gasteiger partial charge >= 0.3 is 0 Å². The number of aromatic amines is 1. The largest absolute Gasteiger partial charge is 0.507 e. The normalized spacial score (nSPS) is 14.7. The van der Waals surface area contributed by atoms with Crippen LogP contribution in [-0.2, 0) is 13.2 Å². The van der Waals surface area contributed by atoms with Crippen molar-refractivity contribution >= 4 is 5.91 Å². The Labute approximate surface area is 207 Å². The molecule has 0 radical (unpaired) electrons. The summed E-state index contributed by atoms with van der Waals surface area (Å²) in [5.74, 6) is 1.34. The summed E-state index contributed by atoms with van der Waals surface area (Å²) in [7, 11) is 0. The van der Waals surface area contributed by atoms with Crippen LogP contribution in [0.5, 0.6) is 11.5 Å². The fourth-order valence-electron chi connectivity index (χ4n) is 4.64. The van der Waals surface area contributed by atoms with Crippen molar-refractivity contribution in [3.8, 4) is 22.8 Å². The van der Waals surface area contributed by atoms with Crippen molar-refractivity contribution in [3.05, 3.63) is 125 Å². The van der Waals surface area contributed by atoms with E-state index >= 15 is 0 Å². The molecule has 1 aliphatic rings. The van der Waals surface area contributed by atoms with Gasteiger partial charge in [-0.25, -0.2) is 0 Å². The predicted molar refractivity (Wildman–Crippen MR) is 133 cm³/mol. The quantitative estimate of drug-likeness (QED) is 0.314. The number of rotatable bonds is 7. The topological polar surface area (TPSA) is 91.6 Å². The molecular formula is C29H23N3O4. The first kappa shape index (κ1) is 21.7. The van der Waals surface area contributed by atoms with Gasteiger partial charge in [0.15, 0.2) is 0 Å². The molecule has 0 fully saturated rings. The van der Waals surface area contributed by atoms with Crippen molar-refractivity contribution in [2.45, 2.75) is 19.2 Å². The summed E-state index contributed by atoms with van der Waals surface area (Å²) >= 11 is 0. The summed E-state index contributed by atoms with van der Waals surface area (Å²) in [6, 6.07) is 27.9. The van der Waals surface area contributed by atoms with E-state index in [-0.39, 0.29) is 11.7 Å². The minimum Gasteiger partial charge on any atom is -0.507 e. The molecule has 36 heavy (non-hydrogen) atoms. The Morgan fingerprint density at radius 1 is 0.944 bits per heavy atom. The smallest absolute Gasteiger partial charge is 0.273 e. The minimum absolute atomic E-state index is 0.104. The number of hydrogen-bond acceptors (Lipinski definition) is 5. The number of furan rings is 1. The van der Waals surface area contributed by atoms with Crippen molar-refractivity contribution in [3.63, 3.8) is 0 Å². The molecular weight excluding hydrogens is 454 g/mol. The molecule has 3 heterocycles. The Morgan fingerprint density at radius 2 is 1.72 bits per heavy atom. The molecule has 3 aromatic carbocycles. The van der Waals surface area contributed by atoms with Crippen molar-refractivity contribution in [2.24, 2.45) is 0 Å². The molecule has 1 aliphatic heterocycles. The Morgan fingerprint density at radius 3 is 2.47 bits per heavy atom. The molecule has 2 aromatic heterocycles. The number of para-hydroxylation sites is 1. The summed E-state index contributed by atoms with van der Waals surface area (Å²) in [6.07, 6.45) is 1.60. The molecule has 2 N–H and O–H groups in total. The zero-order chi connectivity index (χ0) is 24.5. The van der Waals surface area contributed by atoms with E-state index in [0.717, 1.165) is 22.4 Å². The van der Waals surface area contributed by atoms with Gasteiger partial charge < -0.3 is 19.2 Å². The number of nitrogens with zero attached hydrogens (tertiary/aromatic N) is 2. The number of hydrogen-bond donors (Lipinski definition) is 2. The van der Waals surface area contributed by atoms with E-state index in [1.165, 1.54) is 0 Å². The van der Waals surface area contributed by atoms with E-state index in [0.29, 0.717) is 35.9 Å². The number of amides is 1. The van der Waals surface area contributed by atoms with Crippen molar-refractivity contribution < 1.29 is 19.1 Å². The lowest BCUT2D eigenvalue weighted by Crippen LogP contribution is -2.28. The first-order chi connectivity index (χ1) is 17.7. The van der Waals surface area contributed by atoms with Crippen LogP contribution in [-0.4, -0.2) is 26.1 Å². The number of aromatic hydroxyl groups is 1. The van der Waals surface area contributed by atoms with E-state index in [2.05, 4.69) is 10.2 Å². The first-order valence-corrected chi connectivity index (χ1v) is 11.7. The molecule has 6 rings (SSSR count). The highest BCUT2D eigenvalue weighted by molar-refractivity contribution is 6.00. The number of H-pyrrole nitrogens is 1. The number of phenolic OH excluding ortho intramolecular Hbond substituents is 1. The molecule has 0 saturated heterocycles. The van der Waals surface area contributed by atoms with Crippen LogP contribution in [0, 0.1) is 0 Å². The van der Waals surface area contributed by atoms with Crippen LogP contribution in [0.4, 0.5) is 0 Å². The molecule has 0 spiro atoms. The van der Waals surface area contributed by atoms with Crippen molar-refractivity contribution in [1.82, 2.24) is 15.1 Å². The third-order valence-electron chi connectivity index (χ3n) is 6.37. The molecule has 1 atom stereocenters. The van der Waals surface area contributed by atoms with E-state index in [4.69, 9.17) is 9.15 Å². The predicted octanol–water partition coefficient (Wildman–Crippen LogP) is 5.70. The van der Waals surface area contributed by atoms with Gasteiger partial charge in [-0.3, -0.25) is 9.89 Å². The number of nitrogens with one attached hydrogen (secondary N) is 1. The van der Waals surface area contributed by atoms with E-state index in [1.807, 2.05) is 66.7 Å². The molecule has 5 aromatic rings. The fourth-order valence-corrected chi connectivity index (χ4v) is 4.64. The molecule has 178 valence electrons. The standard InChI is InChI=1S/C29H23N3O4/c33-24-11-5-4-10-23(24)26-25-27(31-30-26)29(34)32(17-22-9-6-16-35-22)28(25)20-12-14-21(15-13-20)36-18-19-7-2-1-3-8-19/h1-16,28,33H,17-18H2,(H,30,31)/t28-/m0/s1. The van der Waals surface area contributed by atoms with E-state index in [9.17, 15) is 9.90 Å². The molecule has 0 unspecified atom stereocenters. The lowest BCUT2D eigenvalue weighted by atomic mass is 9.95. The number of aromatic nitrogens is 2. The Kier molecular flexibility index (Phi) is 5.50. The number of carbonyl (C=O) groups is 1. The summed E-state index contributed by atoms with van der Waals surface area (Å²) in [4.78, 5) is 15.2. The number of benzene rings is 3. The summed E-state index contributed by atoms with van der Waals surface area (Å²) in [5, 5.41) is 17.9. The molecule has 7 heteroatoms. The van der Waals surface area contributed by atoms with Crippen LogP contribution >= 0.6 is 0 Å². The first-order valence-electron chi connectivity index (χ1n) is 11.7. The second-order valence-electron chi connectivity index (χ2n) is 8.64. The summed E-state index contributed by atoms with van der Waals surface area (Å²) in [6.45, 7) is 0.765. The van der Waals surface area contributed by atoms with Crippen LogP contribution in [0.25, 0.3) is 11.3 Å².